The Hall–Kier alpha value is -2.99. The summed E-state index contributed by atoms with van der Waals surface area (Å²) in [5, 5.41) is 7.09. The Bertz CT molecular complexity index is 982. The molecule has 1 amide bonds. The average molecular weight is 419 g/mol. The van der Waals surface area contributed by atoms with Gasteiger partial charge in [-0.2, -0.15) is 0 Å². The normalized spacial score (nSPS) is 17.1. The number of aromatic nitrogens is 2. The number of carbonyl (C=O) groups is 1. The molecule has 2 aromatic heterocycles. The van der Waals surface area contributed by atoms with Crippen molar-refractivity contribution < 1.29 is 9.32 Å². The lowest BCUT2D eigenvalue weighted by molar-refractivity contribution is 0.0913. The third-order valence-electron chi connectivity index (χ3n) is 5.93. The van der Waals surface area contributed by atoms with E-state index in [1.807, 2.05) is 12.1 Å². The van der Waals surface area contributed by atoms with E-state index in [4.69, 9.17) is 4.52 Å². The van der Waals surface area contributed by atoms with Crippen molar-refractivity contribution >= 4 is 5.91 Å². The minimum absolute atomic E-state index is 0.242. The van der Waals surface area contributed by atoms with Crippen molar-refractivity contribution in [3.8, 4) is 0 Å². The largest absolute Gasteiger partial charge is 0.351 e. The van der Waals surface area contributed by atoms with Crippen LogP contribution in [0.1, 0.15) is 71.5 Å². The smallest absolute Gasteiger partial charge is 0.290 e. The lowest BCUT2D eigenvalue weighted by atomic mass is 9.94. The first kappa shape index (κ1) is 21.2. The van der Waals surface area contributed by atoms with Crippen LogP contribution < -0.4 is 5.32 Å². The van der Waals surface area contributed by atoms with E-state index < -0.39 is 0 Å². The minimum atomic E-state index is -0.242. The summed E-state index contributed by atoms with van der Waals surface area (Å²) >= 11 is 0. The predicted octanol–water partition coefficient (Wildman–Crippen LogP) is 4.50. The lowest BCUT2D eigenvalue weighted by Crippen LogP contribution is -2.34. The van der Waals surface area contributed by atoms with Crippen molar-refractivity contribution in [2.24, 2.45) is 0 Å². The zero-order chi connectivity index (χ0) is 21.6. The van der Waals surface area contributed by atoms with Crippen LogP contribution in [0.2, 0.25) is 0 Å². The van der Waals surface area contributed by atoms with E-state index in [0.29, 0.717) is 12.5 Å². The predicted molar refractivity (Wildman–Crippen MR) is 120 cm³/mol. The fourth-order valence-electron chi connectivity index (χ4n) is 4.07. The molecule has 1 aliphatic heterocycles. The van der Waals surface area contributed by atoms with Gasteiger partial charge < -0.3 is 9.84 Å². The number of nitrogens with zero attached hydrogens (tertiary/aromatic N) is 3. The van der Waals surface area contributed by atoms with Crippen LogP contribution in [0.3, 0.4) is 0 Å². The highest BCUT2D eigenvalue weighted by molar-refractivity contribution is 5.91. The molecule has 0 spiro atoms. The monoisotopic (exact) mass is 418 g/mol. The van der Waals surface area contributed by atoms with Gasteiger partial charge in [0.15, 0.2) is 0 Å². The van der Waals surface area contributed by atoms with Gasteiger partial charge in [0.25, 0.3) is 5.91 Å². The maximum Gasteiger partial charge on any atom is 0.290 e. The van der Waals surface area contributed by atoms with Gasteiger partial charge in [-0.1, -0.05) is 43.3 Å². The van der Waals surface area contributed by atoms with Gasteiger partial charge >= 0.3 is 0 Å². The van der Waals surface area contributed by atoms with Crippen LogP contribution in [0.25, 0.3) is 0 Å². The number of carbonyl (C=O) groups excluding carboxylic acids is 1. The first-order valence-corrected chi connectivity index (χ1v) is 11.0. The van der Waals surface area contributed by atoms with Gasteiger partial charge in [-0.15, -0.1) is 0 Å². The molecular formula is C25H30N4O2. The molecule has 1 unspecified atom stereocenters. The lowest BCUT2D eigenvalue weighted by Gasteiger charge is -2.31. The number of hydrogen-bond acceptors (Lipinski definition) is 5. The molecule has 0 bridgehead atoms. The Kier molecular flexibility index (Phi) is 6.77. The summed E-state index contributed by atoms with van der Waals surface area (Å²) in [5.74, 6) is 0.866. The van der Waals surface area contributed by atoms with Crippen LogP contribution in [-0.4, -0.2) is 34.0 Å². The summed E-state index contributed by atoms with van der Waals surface area (Å²) in [6.07, 6.45) is 5.60. The Labute approximate surface area is 183 Å². The van der Waals surface area contributed by atoms with Crippen LogP contribution in [0.5, 0.6) is 0 Å². The molecule has 162 valence electrons. The quantitative estimate of drug-likeness (QED) is 0.612. The van der Waals surface area contributed by atoms with E-state index in [9.17, 15) is 4.79 Å². The molecule has 1 aromatic carbocycles. The fraction of sp³-hybridized carbons (Fsp3) is 0.400. The second-order valence-corrected chi connectivity index (χ2v) is 8.62. The van der Waals surface area contributed by atoms with E-state index in [0.717, 1.165) is 43.7 Å². The average Bonchev–Trinajstić information content (AvgIpc) is 3.29. The zero-order valence-electron chi connectivity index (χ0n) is 18.3. The second-order valence-electron chi connectivity index (χ2n) is 8.62. The van der Waals surface area contributed by atoms with E-state index in [1.54, 1.807) is 18.5 Å². The number of hydrogen-bond donors (Lipinski definition) is 1. The van der Waals surface area contributed by atoms with Crippen molar-refractivity contribution in [1.29, 1.82) is 0 Å². The van der Waals surface area contributed by atoms with E-state index in [2.05, 4.69) is 58.5 Å². The Balaban J connectivity index is 1.33. The van der Waals surface area contributed by atoms with Crippen molar-refractivity contribution in [2.75, 3.05) is 13.1 Å². The highest BCUT2D eigenvalue weighted by Gasteiger charge is 2.25. The molecule has 0 radical (unpaired) electrons. The van der Waals surface area contributed by atoms with E-state index in [1.165, 1.54) is 11.1 Å². The topological polar surface area (TPSA) is 71.3 Å². The molecule has 6 heteroatoms. The molecule has 1 saturated heterocycles. The third-order valence-corrected chi connectivity index (χ3v) is 5.93. The molecule has 1 N–H and O–H groups in total. The first-order valence-electron chi connectivity index (χ1n) is 11.0. The number of amides is 1. The molecule has 4 rings (SSSR count). The number of nitrogens with one attached hydrogen (secondary N) is 1. The summed E-state index contributed by atoms with van der Waals surface area (Å²) in [4.78, 5) is 18.9. The number of rotatable bonds is 7. The summed E-state index contributed by atoms with van der Waals surface area (Å²) < 4.78 is 5.36. The molecule has 31 heavy (non-hydrogen) atoms. The molecule has 6 nitrogen and oxygen atoms in total. The Morgan fingerprint density at radius 3 is 2.68 bits per heavy atom. The molecular weight excluding hydrogens is 388 g/mol. The Morgan fingerprint density at radius 1 is 1.16 bits per heavy atom. The molecule has 1 fully saturated rings. The van der Waals surface area contributed by atoms with Crippen LogP contribution in [-0.2, 0) is 13.1 Å². The molecule has 0 aliphatic carbocycles. The molecule has 3 heterocycles. The van der Waals surface area contributed by atoms with Gasteiger partial charge in [0.1, 0.15) is 0 Å². The van der Waals surface area contributed by atoms with Gasteiger partial charge in [0, 0.05) is 44.0 Å². The standard InChI is InChI=1S/C25H30N4O2/c1-18(2)21-7-5-20(6-8-21)16-29-13-3-4-22(17-29)23-14-24(31-28-23)25(30)27-15-19-9-11-26-12-10-19/h5-12,14,18,22H,3-4,13,15-17H2,1-2H3,(H,27,30). The molecule has 0 saturated carbocycles. The summed E-state index contributed by atoms with van der Waals surface area (Å²) in [5.41, 5.74) is 4.57. The maximum atomic E-state index is 12.4. The van der Waals surface area contributed by atoms with Crippen LogP contribution in [0.15, 0.2) is 59.4 Å². The molecule has 1 aliphatic rings. The summed E-state index contributed by atoms with van der Waals surface area (Å²) in [6, 6.07) is 14.5. The van der Waals surface area contributed by atoms with E-state index in [-0.39, 0.29) is 17.6 Å². The summed E-state index contributed by atoms with van der Waals surface area (Å²) in [6.45, 7) is 7.82. The van der Waals surface area contributed by atoms with Gasteiger partial charge in [-0.05, 0) is 54.1 Å². The summed E-state index contributed by atoms with van der Waals surface area (Å²) in [7, 11) is 0. The Morgan fingerprint density at radius 2 is 1.94 bits per heavy atom. The zero-order valence-corrected chi connectivity index (χ0v) is 18.3. The molecule has 3 aromatic rings. The van der Waals surface area contributed by atoms with Crippen molar-refractivity contribution in [1.82, 2.24) is 20.4 Å². The maximum absolute atomic E-state index is 12.4. The van der Waals surface area contributed by atoms with Gasteiger partial charge in [-0.3, -0.25) is 14.7 Å². The second kappa shape index (κ2) is 9.88. The third kappa shape index (κ3) is 5.58. The van der Waals surface area contributed by atoms with Crippen molar-refractivity contribution in [3.05, 3.63) is 83.0 Å². The van der Waals surface area contributed by atoms with Crippen LogP contribution in [0, 0.1) is 0 Å². The first-order chi connectivity index (χ1) is 15.1. The van der Waals surface area contributed by atoms with E-state index >= 15 is 0 Å². The highest BCUT2D eigenvalue weighted by Crippen LogP contribution is 2.28. The number of likely N-dealkylation sites (tertiary alicyclic amines) is 1. The number of benzene rings is 1. The van der Waals surface area contributed by atoms with Crippen molar-refractivity contribution in [2.45, 2.75) is 51.6 Å². The van der Waals surface area contributed by atoms with Gasteiger partial charge in [0.05, 0.1) is 5.69 Å². The highest BCUT2D eigenvalue weighted by atomic mass is 16.5. The van der Waals surface area contributed by atoms with Crippen LogP contribution >= 0.6 is 0 Å². The fourth-order valence-corrected chi connectivity index (χ4v) is 4.07. The minimum Gasteiger partial charge on any atom is -0.351 e. The van der Waals surface area contributed by atoms with Crippen molar-refractivity contribution in [3.63, 3.8) is 0 Å². The van der Waals surface area contributed by atoms with Gasteiger partial charge in [0.2, 0.25) is 5.76 Å². The SMILES string of the molecule is CC(C)c1ccc(CN2CCCC(c3cc(C(=O)NCc4ccncc4)on3)C2)cc1. The van der Waals surface area contributed by atoms with Gasteiger partial charge in [-0.25, -0.2) is 0 Å². The molecule has 1 atom stereocenters. The number of pyridine rings is 1. The van der Waals surface area contributed by atoms with Crippen LogP contribution in [0.4, 0.5) is 0 Å². The number of piperidine rings is 1.